The molecule has 204 valence electrons. The molecular weight excluding hydrogens is 499 g/mol. The molecule has 1 aliphatic heterocycles. The van der Waals surface area contributed by atoms with Crippen LogP contribution in [0.2, 0.25) is 0 Å². The maximum absolute atomic E-state index is 13.4. The van der Waals surface area contributed by atoms with Gasteiger partial charge in [0.15, 0.2) is 0 Å². The Labute approximate surface area is 219 Å². The smallest absolute Gasteiger partial charge is 0.416 e. The van der Waals surface area contributed by atoms with E-state index in [1.165, 1.54) is 12.1 Å². The fourth-order valence-electron chi connectivity index (χ4n) is 4.68. The van der Waals surface area contributed by atoms with E-state index in [2.05, 4.69) is 20.6 Å². The molecule has 0 spiro atoms. The van der Waals surface area contributed by atoms with E-state index in [0.29, 0.717) is 55.7 Å². The number of benzene rings is 2. The minimum absolute atomic E-state index is 0.334. The zero-order valence-corrected chi connectivity index (χ0v) is 21.6. The van der Waals surface area contributed by atoms with Gasteiger partial charge in [-0.1, -0.05) is 36.4 Å². The van der Waals surface area contributed by atoms with Gasteiger partial charge in [0.05, 0.1) is 36.1 Å². The van der Waals surface area contributed by atoms with E-state index in [4.69, 9.17) is 9.47 Å². The third kappa shape index (κ3) is 6.28. The van der Waals surface area contributed by atoms with Crippen molar-refractivity contribution in [3.8, 4) is 11.6 Å². The number of carbonyl (C=O) groups excluding carboxylic acids is 1. The third-order valence-corrected chi connectivity index (χ3v) is 6.56. The maximum atomic E-state index is 13.4. The molecule has 1 aromatic heterocycles. The van der Waals surface area contributed by atoms with Crippen molar-refractivity contribution in [1.29, 1.82) is 0 Å². The molecule has 2 atom stereocenters. The highest BCUT2D eigenvalue weighted by Crippen LogP contribution is 2.34. The lowest BCUT2D eigenvalue weighted by Crippen LogP contribution is -2.42. The van der Waals surface area contributed by atoms with Crippen LogP contribution in [0.5, 0.6) is 5.88 Å². The summed E-state index contributed by atoms with van der Waals surface area (Å²) in [7, 11) is 1.60. The summed E-state index contributed by atoms with van der Waals surface area (Å²) < 4.78 is 52.6. The number of hydrogen-bond donors (Lipinski definition) is 2. The van der Waals surface area contributed by atoms with Crippen molar-refractivity contribution in [2.75, 3.05) is 45.3 Å². The van der Waals surface area contributed by atoms with E-state index in [1.54, 1.807) is 24.8 Å². The highest BCUT2D eigenvalue weighted by molar-refractivity contribution is 5.90. The number of nitrogens with zero attached hydrogens (tertiary/aromatic N) is 3. The second kappa shape index (κ2) is 11.9. The molecule has 2 amide bonds. The van der Waals surface area contributed by atoms with Gasteiger partial charge in [-0.2, -0.15) is 13.2 Å². The number of nitrogens with one attached hydrogen (secondary N) is 2. The number of alkyl halides is 3. The van der Waals surface area contributed by atoms with Crippen LogP contribution in [-0.4, -0.2) is 66.7 Å². The van der Waals surface area contributed by atoms with Crippen LogP contribution in [0.3, 0.4) is 0 Å². The van der Waals surface area contributed by atoms with Gasteiger partial charge in [-0.25, -0.2) is 9.48 Å². The number of hydrogen-bond acceptors (Lipinski definition) is 5. The van der Waals surface area contributed by atoms with Gasteiger partial charge in [-0.05, 0) is 37.6 Å². The predicted octanol–water partition coefficient (Wildman–Crippen LogP) is 4.83. The van der Waals surface area contributed by atoms with Crippen LogP contribution in [0.15, 0.2) is 54.6 Å². The number of anilines is 1. The molecule has 4 rings (SSSR count). The topological polar surface area (TPSA) is 80.6 Å². The van der Waals surface area contributed by atoms with Gasteiger partial charge in [-0.15, -0.1) is 5.10 Å². The molecule has 8 nitrogen and oxygen atoms in total. The molecule has 2 N–H and O–H groups in total. The first-order chi connectivity index (χ1) is 18.2. The predicted molar refractivity (Wildman–Crippen MR) is 138 cm³/mol. The van der Waals surface area contributed by atoms with Crippen molar-refractivity contribution in [3.63, 3.8) is 0 Å². The van der Waals surface area contributed by atoms with E-state index in [1.807, 2.05) is 37.3 Å². The Hall–Kier alpha value is -3.57. The highest BCUT2D eigenvalue weighted by atomic mass is 19.4. The number of halogens is 3. The minimum atomic E-state index is -4.45. The maximum Gasteiger partial charge on any atom is 0.416 e. The van der Waals surface area contributed by atoms with Crippen molar-refractivity contribution < 1.29 is 27.4 Å². The zero-order chi connectivity index (χ0) is 27.3. The monoisotopic (exact) mass is 531 g/mol. The van der Waals surface area contributed by atoms with Gasteiger partial charge < -0.3 is 14.8 Å². The zero-order valence-electron chi connectivity index (χ0n) is 21.6. The van der Waals surface area contributed by atoms with E-state index < -0.39 is 23.8 Å². The van der Waals surface area contributed by atoms with Crippen molar-refractivity contribution in [3.05, 3.63) is 71.3 Å². The molecule has 0 saturated carbocycles. The summed E-state index contributed by atoms with van der Waals surface area (Å²) in [4.78, 5) is 15.3. The first-order valence-corrected chi connectivity index (χ1v) is 12.4. The summed E-state index contributed by atoms with van der Waals surface area (Å²) in [5, 5.41) is 10.4. The fourth-order valence-corrected chi connectivity index (χ4v) is 4.68. The Bertz CT molecular complexity index is 1230. The van der Waals surface area contributed by atoms with E-state index in [0.717, 1.165) is 11.8 Å². The first-order valence-electron chi connectivity index (χ1n) is 12.4. The Kier molecular flexibility index (Phi) is 8.58. The molecule has 1 fully saturated rings. The van der Waals surface area contributed by atoms with Crippen LogP contribution in [0.25, 0.3) is 5.69 Å². The number of likely N-dealkylation sites (tertiary alicyclic amines) is 1. The number of rotatable bonds is 9. The molecule has 0 aliphatic carbocycles. The highest BCUT2D eigenvalue weighted by Gasteiger charge is 2.37. The molecule has 2 aromatic carbocycles. The van der Waals surface area contributed by atoms with Gasteiger partial charge in [-0.3, -0.25) is 10.2 Å². The fraction of sp³-hybridized carbons (Fsp3) is 0.407. The number of urea groups is 1. The van der Waals surface area contributed by atoms with Crippen molar-refractivity contribution >= 4 is 11.8 Å². The molecule has 38 heavy (non-hydrogen) atoms. The van der Waals surface area contributed by atoms with Crippen molar-refractivity contribution in [1.82, 2.24) is 20.0 Å². The minimum Gasteiger partial charge on any atom is -0.477 e. The molecule has 1 aliphatic rings. The molecule has 2 heterocycles. The molecular formula is C27H32F3N5O3. The summed E-state index contributed by atoms with van der Waals surface area (Å²) in [5.74, 6) is 0.515. The molecule has 0 radical (unpaired) electrons. The van der Waals surface area contributed by atoms with Gasteiger partial charge >= 0.3 is 12.2 Å². The number of ether oxygens (including phenoxy) is 2. The standard InChI is InChI=1S/C27H32F3N5O3/c1-4-38-25-18(2)24(35(33-25)21-11-6-5-7-12-21)32-26(36)31-23-17-34(13-14-37-3)16-22(23)19-9-8-10-20(15-19)27(28,29)30/h5-12,15,22-23H,4,13-14,16-17H2,1-3H3,(H2,31,32,36)/t22?,23-/m1/s1. The molecule has 3 aromatic rings. The van der Waals surface area contributed by atoms with Crippen LogP contribution < -0.4 is 15.4 Å². The average molecular weight is 532 g/mol. The lowest BCUT2D eigenvalue weighted by atomic mass is 9.93. The van der Waals surface area contributed by atoms with Crippen LogP contribution in [-0.2, 0) is 10.9 Å². The van der Waals surface area contributed by atoms with Gasteiger partial charge in [0.1, 0.15) is 5.82 Å². The Balaban J connectivity index is 1.58. The van der Waals surface area contributed by atoms with Crippen molar-refractivity contribution in [2.24, 2.45) is 0 Å². The van der Waals surface area contributed by atoms with Crippen LogP contribution in [0, 0.1) is 6.92 Å². The summed E-state index contributed by atoms with van der Waals surface area (Å²) in [6.07, 6.45) is -4.45. The van der Waals surface area contributed by atoms with E-state index in [9.17, 15) is 18.0 Å². The summed E-state index contributed by atoms with van der Waals surface area (Å²) in [6, 6.07) is 13.7. The summed E-state index contributed by atoms with van der Waals surface area (Å²) in [6.45, 7) is 6.11. The molecule has 1 saturated heterocycles. The summed E-state index contributed by atoms with van der Waals surface area (Å²) in [5.41, 5.74) is 1.22. The Morgan fingerprint density at radius 2 is 1.89 bits per heavy atom. The number of para-hydroxylation sites is 1. The first kappa shape index (κ1) is 27.5. The molecule has 1 unspecified atom stereocenters. The SMILES string of the molecule is CCOc1nn(-c2ccccc2)c(NC(=O)N[C@@H]2CN(CCOC)CC2c2cccc(C(F)(F)F)c2)c1C. The lowest BCUT2D eigenvalue weighted by molar-refractivity contribution is -0.137. The van der Waals surface area contributed by atoms with Gasteiger partial charge in [0.2, 0.25) is 5.88 Å². The quantitative estimate of drug-likeness (QED) is 0.413. The molecule has 0 bridgehead atoms. The Morgan fingerprint density at radius 3 is 2.58 bits per heavy atom. The van der Waals surface area contributed by atoms with Crippen molar-refractivity contribution in [2.45, 2.75) is 32.0 Å². The Morgan fingerprint density at radius 1 is 1.13 bits per heavy atom. The normalized spacial score (nSPS) is 17.9. The second-order valence-corrected chi connectivity index (χ2v) is 9.15. The average Bonchev–Trinajstić information content (AvgIpc) is 3.44. The van der Waals surface area contributed by atoms with Crippen LogP contribution in [0.1, 0.15) is 29.5 Å². The molecule has 11 heteroatoms. The number of carbonyl (C=O) groups is 1. The van der Waals surface area contributed by atoms with Gasteiger partial charge in [0, 0.05) is 32.7 Å². The van der Waals surface area contributed by atoms with Gasteiger partial charge in [0.25, 0.3) is 0 Å². The largest absolute Gasteiger partial charge is 0.477 e. The van der Waals surface area contributed by atoms with Crippen LogP contribution in [0.4, 0.5) is 23.8 Å². The van der Waals surface area contributed by atoms with Crippen LogP contribution >= 0.6 is 0 Å². The lowest BCUT2D eigenvalue weighted by Gasteiger charge is -2.22. The number of amides is 2. The van der Waals surface area contributed by atoms with E-state index in [-0.39, 0.29) is 5.92 Å². The number of aromatic nitrogens is 2. The third-order valence-electron chi connectivity index (χ3n) is 6.56. The van der Waals surface area contributed by atoms with E-state index >= 15 is 0 Å². The second-order valence-electron chi connectivity index (χ2n) is 9.15. The number of methoxy groups -OCH3 is 1. The summed E-state index contributed by atoms with van der Waals surface area (Å²) >= 11 is 0.